The normalized spacial score (nSPS) is 16.3. The van der Waals surface area contributed by atoms with Crippen LogP contribution in [0.3, 0.4) is 0 Å². The molecule has 8 nitrogen and oxygen atoms in total. The number of carboxylic acid groups (broad SMARTS) is 1. The molecular formula is C26H31N3O5. The fourth-order valence-corrected chi connectivity index (χ4v) is 4.52. The van der Waals surface area contributed by atoms with Crippen molar-refractivity contribution in [2.45, 2.75) is 37.3 Å². The fraction of sp³-hybridized carbons (Fsp3) is 0.423. The van der Waals surface area contributed by atoms with Gasteiger partial charge in [0.2, 0.25) is 5.91 Å². The number of likely N-dealkylation sites (N-methyl/N-ethyl adjacent to an activating group) is 1. The van der Waals surface area contributed by atoms with E-state index >= 15 is 0 Å². The van der Waals surface area contributed by atoms with E-state index in [0.717, 1.165) is 35.1 Å². The highest BCUT2D eigenvalue weighted by Gasteiger charge is 2.34. The fourth-order valence-electron chi connectivity index (χ4n) is 4.52. The highest BCUT2D eigenvalue weighted by molar-refractivity contribution is 5.89. The van der Waals surface area contributed by atoms with E-state index in [1.54, 1.807) is 19.0 Å². The summed E-state index contributed by atoms with van der Waals surface area (Å²) in [7, 11) is 3.47. The van der Waals surface area contributed by atoms with Crippen molar-refractivity contribution >= 4 is 18.0 Å². The van der Waals surface area contributed by atoms with E-state index in [1.165, 1.54) is 0 Å². The number of aliphatic carboxylic acids is 1. The minimum Gasteiger partial charge on any atom is -0.480 e. The number of alkyl carbamates (subject to hydrolysis) is 1. The van der Waals surface area contributed by atoms with Crippen molar-refractivity contribution in [1.29, 1.82) is 0 Å². The average molecular weight is 466 g/mol. The maximum Gasteiger partial charge on any atom is 0.407 e. The van der Waals surface area contributed by atoms with Gasteiger partial charge in [0.1, 0.15) is 18.7 Å². The summed E-state index contributed by atoms with van der Waals surface area (Å²) >= 11 is 0. The van der Waals surface area contributed by atoms with Gasteiger partial charge in [0.25, 0.3) is 0 Å². The SMILES string of the molecule is CN(C)C[C@H](NC(=O)C(CC1CC1)NC(=O)OCC1c2ccccc2-c2ccccc21)C(=O)O. The van der Waals surface area contributed by atoms with Crippen molar-refractivity contribution < 1.29 is 24.2 Å². The van der Waals surface area contributed by atoms with Crippen LogP contribution in [-0.4, -0.2) is 67.3 Å². The molecule has 3 N–H and O–H groups in total. The Morgan fingerprint density at radius 3 is 2.09 bits per heavy atom. The molecule has 0 radical (unpaired) electrons. The third kappa shape index (κ3) is 5.56. The quantitative estimate of drug-likeness (QED) is 0.498. The molecule has 0 saturated heterocycles. The first-order valence-corrected chi connectivity index (χ1v) is 11.6. The number of rotatable bonds is 10. The van der Waals surface area contributed by atoms with Crippen LogP contribution in [-0.2, 0) is 14.3 Å². The number of nitrogens with one attached hydrogen (secondary N) is 2. The second-order valence-corrected chi connectivity index (χ2v) is 9.36. The third-order valence-electron chi connectivity index (χ3n) is 6.38. The van der Waals surface area contributed by atoms with E-state index in [2.05, 4.69) is 22.8 Å². The first kappa shape index (κ1) is 23.8. The van der Waals surface area contributed by atoms with Crippen LogP contribution in [0.1, 0.15) is 36.3 Å². The molecule has 2 aromatic rings. The highest BCUT2D eigenvalue weighted by Crippen LogP contribution is 2.44. The lowest BCUT2D eigenvalue weighted by Gasteiger charge is -2.23. The van der Waals surface area contributed by atoms with E-state index in [9.17, 15) is 19.5 Å². The van der Waals surface area contributed by atoms with Crippen molar-refractivity contribution in [3.63, 3.8) is 0 Å². The minimum atomic E-state index is -1.12. The molecule has 0 heterocycles. The molecule has 180 valence electrons. The van der Waals surface area contributed by atoms with Crippen molar-refractivity contribution in [3.8, 4) is 11.1 Å². The Bertz CT molecular complexity index is 1020. The summed E-state index contributed by atoms with van der Waals surface area (Å²) in [5.41, 5.74) is 4.49. The van der Waals surface area contributed by atoms with Gasteiger partial charge in [0.15, 0.2) is 0 Å². The number of nitrogens with zero attached hydrogens (tertiary/aromatic N) is 1. The van der Waals surface area contributed by atoms with Gasteiger partial charge in [-0.05, 0) is 48.7 Å². The van der Waals surface area contributed by atoms with Crippen LogP contribution in [0.15, 0.2) is 48.5 Å². The Balaban J connectivity index is 1.40. The number of carbonyl (C=O) groups excluding carboxylic acids is 2. The van der Waals surface area contributed by atoms with Crippen molar-refractivity contribution in [3.05, 3.63) is 59.7 Å². The molecule has 1 fully saturated rings. The lowest BCUT2D eigenvalue weighted by Crippen LogP contribution is -2.54. The third-order valence-corrected chi connectivity index (χ3v) is 6.38. The summed E-state index contributed by atoms with van der Waals surface area (Å²) in [6.07, 6.45) is 1.78. The summed E-state index contributed by atoms with van der Waals surface area (Å²) in [4.78, 5) is 38.8. The zero-order chi connectivity index (χ0) is 24.2. The number of amides is 2. The molecule has 0 bridgehead atoms. The van der Waals surface area contributed by atoms with Crippen LogP contribution in [0.2, 0.25) is 0 Å². The summed E-state index contributed by atoms with van der Waals surface area (Å²) in [5.74, 6) is -1.35. The molecule has 1 saturated carbocycles. The lowest BCUT2D eigenvalue weighted by atomic mass is 9.98. The van der Waals surface area contributed by atoms with E-state index in [0.29, 0.717) is 12.3 Å². The van der Waals surface area contributed by atoms with E-state index in [-0.39, 0.29) is 19.1 Å². The van der Waals surface area contributed by atoms with Gasteiger partial charge in [-0.15, -0.1) is 0 Å². The van der Waals surface area contributed by atoms with Crippen LogP contribution < -0.4 is 10.6 Å². The van der Waals surface area contributed by atoms with Gasteiger partial charge in [0.05, 0.1) is 0 Å². The molecule has 0 aliphatic heterocycles. The average Bonchev–Trinajstić information content (AvgIpc) is 3.57. The van der Waals surface area contributed by atoms with Crippen LogP contribution >= 0.6 is 0 Å². The van der Waals surface area contributed by atoms with Gasteiger partial charge in [-0.1, -0.05) is 61.4 Å². The van der Waals surface area contributed by atoms with Gasteiger partial charge in [-0.3, -0.25) is 4.79 Å². The Morgan fingerprint density at radius 1 is 0.971 bits per heavy atom. The summed E-state index contributed by atoms with van der Waals surface area (Å²) in [6, 6.07) is 14.2. The van der Waals surface area contributed by atoms with Crippen LogP contribution in [0.4, 0.5) is 4.79 Å². The first-order valence-electron chi connectivity index (χ1n) is 11.6. The number of carbonyl (C=O) groups is 3. The number of ether oxygens (including phenoxy) is 1. The minimum absolute atomic E-state index is 0.0784. The van der Waals surface area contributed by atoms with Crippen LogP contribution in [0.25, 0.3) is 11.1 Å². The predicted molar refractivity (Wildman–Crippen MR) is 127 cm³/mol. The predicted octanol–water partition coefficient (Wildman–Crippen LogP) is 2.82. The maximum absolute atomic E-state index is 12.9. The molecule has 4 rings (SSSR count). The van der Waals surface area contributed by atoms with Gasteiger partial charge in [-0.2, -0.15) is 0 Å². The van der Waals surface area contributed by atoms with E-state index in [1.807, 2.05) is 36.4 Å². The van der Waals surface area contributed by atoms with Gasteiger partial charge < -0.3 is 25.4 Å². The van der Waals surface area contributed by atoms with Gasteiger partial charge in [0, 0.05) is 12.5 Å². The Hall–Kier alpha value is -3.39. The molecule has 2 amide bonds. The topological polar surface area (TPSA) is 108 Å². The number of benzene rings is 2. The molecule has 2 aliphatic carbocycles. The van der Waals surface area contributed by atoms with Crippen molar-refractivity contribution in [2.75, 3.05) is 27.2 Å². The second kappa shape index (κ2) is 10.3. The van der Waals surface area contributed by atoms with Crippen molar-refractivity contribution in [1.82, 2.24) is 15.5 Å². The number of hydrogen-bond acceptors (Lipinski definition) is 5. The molecule has 2 aromatic carbocycles. The molecule has 2 aliphatic rings. The Kier molecular flexibility index (Phi) is 7.17. The summed E-state index contributed by atoms with van der Waals surface area (Å²) < 4.78 is 5.58. The smallest absolute Gasteiger partial charge is 0.407 e. The lowest BCUT2D eigenvalue weighted by molar-refractivity contribution is -0.142. The summed E-state index contributed by atoms with van der Waals surface area (Å²) in [5, 5.41) is 14.7. The second-order valence-electron chi connectivity index (χ2n) is 9.36. The Morgan fingerprint density at radius 2 is 1.56 bits per heavy atom. The molecule has 2 atom stereocenters. The molecule has 8 heteroatoms. The van der Waals surface area contributed by atoms with Crippen molar-refractivity contribution in [2.24, 2.45) is 5.92 Å². The molecule has 1 unspecified atom stereocenters. The first-order chi connectivity index (χ1) is 16.3. The summed E-state index contributed by atoms with van der Waals surface area (Å²) in [6.45, 7) is 0.304. The van der Waals surface area contributed by atoms with Gasteiger partial charge in [-0.25, -0.2) is 9.59 Å². The Labute approximate surface area is 199 Å². The zero-order valence-corrected chi connectivity index (χ0v) is 19.5. The molecule has 0 aromatic heterocycles. The number of fused-ring (bicyclic) bond motifs is 3. The van der Waals surface area contributed by atoms with E-state index < -0.39 is 30.1 Å². The zero-order valence-electron chi connectivity index (χ0n) is 19.5. The highest BCUT2D eigenvalue weighted by atomic mass is 16.5. The maximum atomic E-state index is 12.9. The largest absolute Gasteiger partial charge is 0.480 e. The van der Waals surface area contributed by atoms with E-state index in [4.69, 9.17) is 4.74 Å². The number of hydrogen-bond donors (Lipinski definition) is 3. The molecule has 34 heavy (non-hydrogen) atoms. The standard InChI is InChI=1S/C26H31N3O5/c1-29(2)14-23(25(31)32)27-24(30)22(13-16-11-12-16)28-26(33)34-15-21-19-9-5-3-7-17(19)18-8-4-6-10-20(18)21/h3-10,16,21-23H,11-15H2,1-2H3,(H,27,30)(H,28,33)(H,31,32)/t22?,23-/m0/s1. The van der Waals surface area contributed by atoms with Gasteiger partial charge >= 0.3 is 12.1 Å². The molecule has 0 spiro atoms. The monoisotopic (exact) mass is 465 g/mol. The molecular weight excluding hydrogens is 434 g/mol. The van der Waals surface area contributed by atoms with Crippen LogP contribution in [0, 0.1) is 5.92 Å². The van der Waals surface area contributed by atoms with Crippen LogP contribution in [0.5, 0.6) is 0 Å². The number of carboxylic acids is 1.